The summed E-state index contributed by atoms with van der Waals surface area (Å²) in [5.41, 5.74) is 4.24. The van der Waals surface area contributed by atoms with Gasteiger partial charge in [0.2, 0.25) is 0 Å². The van der Waals surface area contributed by atoms with Crippen LogP contribution in [0.15, 0.2) is 30.5 Å². The lowest BCUT2D eigenvalue weighted by atomic mass is 9.98. The molecule has 1 aromatic heterocycles. The van der Waals surface area contributed by atoms with Gasteiger partial charge >= 0.3 is 0 Å². The average Bonchev–Trinajstić information content (AvgIpc) is 2.75. The van der Waals surface area contributed by atoms with Crippen LogP contribution in [-0.2, 0) is 25.7 Å². The Hall–Kier alpha value is -1.87. The van der Waals surface area contributed by atoms with Crippen LogP contribution < -0.4 is 5.48 Å². The first-order valence-corrected chi connectivity index (χ1v) is 9.64. The first kappa shape index (κ1) is 23.8. The van der Waals surface area contributed by atoms with E-state index < -0.39 is 62.2 Å². The lowest BCUT2D eigenvalue weighted by Crippen LogP contribution is -2.63. The molecule has 12 nitrogen and oxygen atoms in total. The molecule has 0 aliphatic carbocycles. The van der Waals surface area contributed by atoms with Crippen molar-refractivity contribution in [3.63, 3.8) is 0 Å². The molecule has 1 fully saturated rings. The van der Waals surface area contributed by atoms with E-state index in [1.54, 1.807) is 12.4 Å². The molecule has 2 aliphatic rings. The van der Waals surface area contributed by atoms with E-state index in [1.165, 1.54) is 0 Å². The summed E-state index contributed by atoms with van der Waals surface area (Å²) in [5.74, 6) is -0.339. The van der Waals surface area contributed by atoms with Gasteiger partial charge in [0, 0.05) is 18.5 Å². The molecule has 1 radical (unpaired) electrons. The maximum absolute atomic E-state index is 10.6. The van der Waals surface area contributed by atoms with Gasteiger partial charge < -0.3 is 44.8 Å². The summed E-state index contributed by atoms with van der Waals surface area (Å²) in [4.78, 5) is 9.42. The summed E-state index contributed by atoms with van der Waals surface area (Å²) in [6.07, 6.45) is -5.53. The number of rotatable bonds is 8. The molecule has 3 heterocycles. The van der Waals surface area contributed by atoms with Crippen molar-refractivity contribution in [1.82, 2.24) is 10.5 Å². The Labute approximate surface area is 178 Å². The zero-order valence-electron chi connectivity index (χ0n) is 16.7. The maximum atomic E-state index is 10.6. The van der Waals surface area contributed by atoms with E-state index in [1.807, 2.05) is 13.0 Å². The molecule has 31 heavy (non-hydrogen) atoms. The first-order valence-electron chi connectivity index (χ1n) is 9.64. The number of pyridine rings is 1. The van der Waals surface area contributed by atoms with Crippen LogP contribution in [0.4, 0.5) is 0 Å². The largest absolute Gasteiger partial charge is 0.457 e. The Bertz CT molecular complexity index is 750. The van der Waals surface area contributed by atoms with E-state index in [9.17, 15) is 30.6 Å². The molecule has 1 aromatic rings. The number of hydrogen-bond acceptors (Lipinski definition) is 12. The van der Waals surface area contributed by atoms with Crippen LogP contribution in [0.1, 0.15) is 11.1 Å². The first-order chi connectivity index (χ1) is 14.8. The topological polar surface area (TPSA) is 183 Å². The molecule has 12 heteroatoms. The molecule has 0 saturated carbocycles. The average molecular weight is 443 g/mol. The van der Waals surface area contributed by atoms with Crippen molar-refractivity contribution in [3.05, 3.63) is 47.7 Å². The maximum Gasteiger partial charge on any atom is 0.279 e. The number of aliphatic hydroxyl groups excluding tert-OH is 6. The standard InChI is InChI=1S/C19H27N2O10/c1-9-2-10(5-20-4-9)8-28-21-19-17(27)18(16(26)13(7-23)30-19)31-14-3-11(24)15(25)12(6-22)29-14/h2-5,12-13,15-19,21-27H,6-8H2,1H3/t12?,13?,15?,16-,17?,18-,19-/m1/s1. The van der Waals surface area contributed by atoms with Crippen LogP contribution in [0, 0.1) is 13.0 Å². The number of aromatic nitrogens is 1. The molecule has 7 N–H and O–H groups in total. The minimum absolute atomic E-state index is 0.103. The van der Waals surface area contributed by atoms with Crippen LogP contribution in [0.5, 0.6) is 0 Å². The molecule has 7 atom stereocenters. The quantitative estimate of drug-likeness (QED) is 0.214. The normalized spacial score (nSPS) is 34.2. The van der Waals surface area contributed by atoms with Gasteiger partial charge in [0.15, 0.2) is 24.5 Å². The second kappa shape index (κ2) is 10.6. The number of hydroxylamine groups is 1. The highest BCUT2D eigenvalue weighted by molar-refractivity contribution is 5.16. The number of hydrogen-bond donors (Lipinski definition) is 7. The van der Waals surface area contributed by atoms with Crippen molar-refractivity contribution in [2.24, 2.45) is 0 Å². The van der Waals surface area contributed by atoms with Gasteiger partial charge in [-0.2, -0.15) is 5.48 Å². The van der Waals surface area contributed by atoms with Gasteiger partial charge in [0.05, 0.1) is 19.8 Å². The van der Waals surface area contributed by atoms with Crippen molar-refractivity contribution in [3.8, 4) is 0 Å². The highest BCUT2D eigenvalue weighted by Gasteiger charge is 2.47. The minimum atomic E-state index is -1.49. The van der Waals surface area contributed by atoms with Crippen LogP contribution in [-0.4, -0.2) is 91.7 Å². The number of nitrogens with zero attached hydrogens (tertiary/aromatic N) is 1. The lowest BCUT2D eigenvalue weighted by Gasteiger charge is -2.42. The fourth-order valence-corrected chi connectivity index (χ4v) is 3.20. The molecule has 4 unspecified atom stereocenters. The summed E-state index contributed by atoms with van der Waals surface area (Å²) in [6.45, 7) is 0.788. The van der Waals surface area contributed by atoms with E-state index in [2.05, 4.69) is 10.5 Å². The molecular formula is C19H27N2O10. The van der Waals surface area contributed by atoms with Gasteiger partial charge in [-0.1, -0.05) is 6.07 Å². The van der Waals surface area contributed by atoms with Crippen molar-refractivity contribution < 1.29 is 49.7 Å². The van der Waals surface area contributed by atoms with Gasteiger partial charge in [-0.3, -0.25) is 9.82 Å². The summed E-state index contributed by atoms with van der Waals surface area (Å²) >= 11 is 0. The number of aliphatic hydroxyl groups is 6. The van der Waals surface area contributed by atoms with Crippen LogP contribution in [0.2, 0.25) is 0 Å². The highest BCUT2D eigenvalue weighted by Crippen LogP contribution is 2.29. The molecule has 0 aromatic carbocycles. The molecule has 173 valence electrons. The predicted octanol–water partition coefficient (Wildman–Crippen LogP) is -2.27. The van der Waals surface area contributed by atoms with E-state index in [4.69, 9.17) is 19.0 Å². The van der Waals surface area contributed by atoms with Crippen LogP contribution >= 0.6 is 0 Å². The van der Waals surface area contributed by atoms with Gasteiger partial charge in [-0.05, 0) is 18.1 Å². The van der Waals surface area contributed by atoms with E-state index in [-0.39, 0.29) is 12.6 Å². The smallest absolute Gasteiger partial charge is 0.279 e. The predicted molar refractivity (Wildman–Crippen MR) is 101 cm³/mol. The summed E-state index contributed by atoms with van der Waals surface area (Å²) < 4.78 is 16.2. The van der Waals surface area contributed by atoms with Crippen molar-refractivity contribution in [2.45, 2.75) is 56.4 Å². The SMILES string of the molecule is Cc1cncc(CON[C@@H]2OC(CO)[C@@H](O)[C@@H](OC3=C[C](O)C(O)C(CO)O3)C2O)c1. The third-order valence-electron chi connectivity index (χ3n) is 4.86. The van der Waals surface area contributed by atoms with E-state index >= 15 is 0 Å². The monoisotopic (exact) mass is 443 g/mol. The molecule has 1 saturated heterocycles. The Kier molecular flexibility index (Phi) is 8.16. The second-order valence-electron chi connectivity index (χ2n) is 7.29. The Morgan fingerprint density at radius 1 is 1.10 bits per heavy atom. The Balaban J connectivity index is 1.65. The van der Waals surface area contributed by atoms with Crippen LogP contribution in [0.3, 0.4) is 0 Å². The van der Waals surface area contributed by atoms with Gasteiger partial charge in [-0.15, -0.1) is 0 Å². The number of aryl methyl sites for hydroxylation is 1. The third-order valence-corrected chi connectivity index (χ3v) is 4.86. The minimum Gasteiger partial charge on any atom is -0.457 e. The molecule has 0 bridgehead atoms. The summed E-state index contributed by atoms with van der Waals surface area (Å²) in [6, 6.07) is 1.86. The Morgan fingerprint density at radius 2 is 1.84 bits per heavy atom. The zero-order chi connectivity index (χ0) is 22.5. The number of ether oxygens (including phenoxy) is 3. The van der Waals surface area contributed by atoms with E-state index in [0.717, 1.165) is 17.2 Å². The Morgan fingerprint density at radius 3 is 2.52 bits per heavy atom. The summed E-state index contributed by atoms with van der Waals surface area (Å²) in [7, 11) is 0. The molecule has 3 rings (SSSR count). The van der Waals surface area contributed by atoms with Gasteiger partial charge in [0.25, 0.3) is 5.95 Å². The molecule has 2 aliphatic heterocycles. The highest BCUT2D eigenvalue weighted by atomic mass is 16.7. The lowest BCUT2D eigenvalue weighted by molar-refractivity contribution is -0.274. The number of nitrogens with one attached hydrogen (secondary N) is 1. The van der Waals surface area contributed by atoms with Crippen molar-refractivity contribution >= 4 is 0 Å². The second-order valence-corrected chi connectivity index (χ2v) is 7.29. The van der Waals surface area contributed by atoms with E-state index in [0.29, 0.717) is 0 Å². The van der Waals surface area contributed by atoms with Crippen molar-refractivity contribution in [1.29, 1.82) is 0 Å². The third kappa shape index (κ3) is 5.68. The molecular weight excluding hydrogens is 416 g/mol. The fraction of sp³-hybridized carbons (Fsp3) is 0.579. The van der Waals surface area contributed by atoms with Gasteiger partial charge in [-0.25, -0.2) is 0 Å². The van der Waals surface area contributed by atoms with Crippen LogP contribution in [0.25, 0.3) is 0 Å². The molecule has 0 spiro atoms. The van der Waals surface area contributed by atoms with Crippen molar-refractivity contribution in [2.75, 3.05) is 13.2 Å². The molecule has 0 amide bonds. The van der Waals surface area contributed by atoms with Gasteiger partial charge in [0.1, 0.15) is 24.4 Å². The zero-order valence-corrected chi connectivity index (χ0v) is 16.7. The fourth-order valence-electron chi connectivity index (χ4n) is 3.20. The summed E-state index contributed by atoms with van der Waals surface area (Å²) in [5, 5.41) is 59.4.